The summed E-state index contributed by atoms with van der Waals surface area (Å²) >= 11 is 5.96. The van der Waals surface area contributed by atoms with Crippen LogP contribution >= 0.6 is 11.6 Å². The van der Waals surface area contributed by atoms with Crippen molar-refractivity contribution in [2.75, 3.05) is 37.6 Å². The van der Waals surface area contributed by atoms with Gasteiger partial charge in [0.1, 0.15) is 0 Å². The van der Waals surface area contributed by atoms with Crippen LogP contribution in [0, 0.1) is 20.8 Å². The first-order chi connectivity index (χ1) is 11.9. The molecule has 3 rings (SSSR count). The second-order valence-electron chi connectivity index (χ2n) is 6.94. The topological polar surface area (TPSA) is 23.6 Å². The van der Waals surface area contributed by atoms with E-state index in [1.54, 1.807) is 0 Å². The van der Waals surface area contributed by atoms with E-state index in [2.05, 4.69) is 41.0 Å². The molecule has 1 fully saturated rings. The summed E-state index contributed by atoms with van der Waals surface area (Å²) in [5.41, 5.74) is 5.47. The predicted octanol–water partition coefficient (Wildman–Crippen LogP) is 4.27. The van der Waals surface area contributed by atoms with Crippen LogP contribution in [0.15, 0.2) is 36.4 Å². The molecule has 0 bridgehead atoms. The minimum atomic E-state index is 0.231. The zero-order valence-corrected chi connectivity index (χ0v) is 15.9. The summed E-state index contributed by atoms with van der Waals surface area (Å²) in [5.74, 6) is 0.231. The maximum absolute atomic E-state index is 12.8. The van der Waals surface area contributed by atoms with Crippen molar-refractivity contribution >= 4 is 23.1 Å². The van der Waals surface area contributed by atoms with Gasteiger partial charge in [-0.05, 0) is 56.2 Å². The van der Waals surface area contributed by atoms with E-state index in [1.165, 1.54) is 11.3 Å². The summed E-state index contributed by atoms with van der Waals surface area (Å²) in [6, 6.07) is 12.2. The van der Waals surface area contributed by atoms with E-state index in [0.717, 1.165) is 47.9 Å². The van der Waals surface area contributed by atoms with E-state index in [-0.39, 0.29) is 5.78 Å². The van der Waals surface area contributed by atoms with E-state index in [0.29, 0.717) is 6.54 Å². The zero-order chi connectivity index (χ0) is 18.0. The molecule has 0 aromatic heterocycles. The summed E-state index contributed by atoms with van der Waals surface area (Å²) < 4.78 is 0. The van der Waals surface area contributed by atoms with Gasteiger partial charge in [-0.25, -0.2) is 0 Å². The molecule has 0 spiro atoms. The molecule has 0 aliphatic carbocycles. The number of benzene rings is 2. The van der Waals surface area contributed by atoms with Gasteiger partial charge in [0.25, 0.3) is 0 Å². The monoisotopic (exact) mass is 356 g/mol. The molecule has 0 atom stereocenters. The number of Topliss-reactive ketones (excluding diaryl/α,β-unsaturated/α-hetero) is 1. The third-order valence-electron chi connectivity index (χ3n) is 4.89. The molecule has 1 heterocycles. The number of piperazine rings is 1. The zero-order valence-electron chi connectivity index (χ0n) is 15.2. The van der Waals surface area contributed by atoms with E-state index < -0.39 is 0 Å². The molecule has 132 valence electrons. The molecule has 0 amide bonds. The second kappa shape index (κ2) is 7.59. The van der Waals surface area contributed by atoms with Crippen LogP contribution in [0.3, 0.4) is 0 Å². The fourth-order valence-corrected chi connectivity index (χ4v) is 3.84. The Bertz CT molecular complexity index is 739. The summed E-state index contributed by atoms with van der Waals surface area (Å²) in [6.45, 7) is 10.3. The van der Waals surface area contributed by atoms with Gasteiger partial charge in [0.15, 0.2) is 5.78 Å². The first kappa shape index (κ1) is 18.0. The van der Waals surface area contributed by atoms with Gasteiger partial charge in [-0.1, -0.05) is 29.3 Å². The highest BCUT2D eigenvalue weighted by Gasteiger charge is 2.21. The molecule has 0 N–H and O–H groups in total. The molecule has 1 aliphatic heterocycles. The van der Waals surface area contributed by atoms with Gasteiger partial charge < -0.3 is 4.90 Å². The van der Waals surface area contributed by atoms with E-state index in [4.69, 9.17) is 11.6 Å². The summed E-state index contributed by atoms with van der Waals surface area (Å²) in [4.78, 5) is 17.4. The van der Waals surface area contributed by atoms with Crippen molar-refractivity contribution in [2.24, 2.45) is 0 Å². The summed E-state index contributed by atoms with van der Waals surface area (Å²) in [5, 5.41) is 0.761. The Hall–Kier alpha value is -1.84. The van der Waals surface area contributed by atoms with Crippen molar-refractivity contribution in [2.45, 2.75) is 20.8 Å². The fourth-order valence-electron chi connectivity index (χ4n) is 3.72. The maximum Gasteiger partial charge on any atom is 0.177 e. The lowest BCUT2D eigenvalue weighted by molar-refractivity contribution is 0.0925. The Balaban J connectivity index is 1.61. The lowest BCUT2D eigenvalue weighted by Crippen LogP contribution is -2.48. The first-order valence-electron chi connectivity index (χ1n) is 8.78. The first-order valence-corrected chi connectivity index (χ1v) is 9.16. The fraction of sp³-hybridized carbons (Fsp3) is 0.381. The summed E-state index contributed by atoms with van der Waals surface area (Å²) in [7, 11) is 0. The molecule has 0 saturated carbocycles. The Morgan fingerprint density at radius 2 is 1.52 bits per heavy atom. The van der Waals surface area contributed by atoms with Gasteiger partial charge in [0.2, 0.25) is 0 Å². The molecule has 3 nitrogen and oxygen atoms in total. The quantitative estimate of drug-likeness (QED) is 0.764. The van der Waals surface area contributed by atoms with Crippen LogP contribution in [-0.2, 0) is 0 Å². The van der Waals surface area contributed by atoms with E-state index >= 15 is 0 Å². The van der Waals surface area contributed by atoms with Crippen molar-refractivity contribution in [3.63, 3.8) is 0 Å². The number of halogens is 1. The number of carbonyl (C=O) groups is 1. The normalized spacial score (nSPS) is 15.4. The number of aryl methyl sites for hydroxylation is 3. The second-order valence-corrected chi connectivity index (χ2v) is 7.37. The van der Waals surface area contributed by atoms with Crippen LogP contribution in [0.2, 0.25) is 5.02 Å². The molecule has 1 saturated heterocycles. The van der Waals surface area contributed by atoms with E-state index in [9.17, 15) is 4.79 Å². The van der Waals surface area contributed by atoms with Gasteiger partial charge in [-0.3, -0.25) is 9.69 Å². The molecule has 25 heavy (non-hydrogen) atoms. The minimum Gasteiger partial charge on any atom is -0.369 e. The van der Waals surface area contributed by atoms with Crippen LogP contribution < -0.4 is 4.90 Å². The van der Waals surface area contributed by atoms with Gasteiger partial charge in [0.05, 0.1) is 6.54 Å². The van der Waals surface area contributed by atoms with Crippen molar-refractivity contribution in [3.05, 3.63) is 63.7 Å². The molecule has 4 heteroatoms. The van der Waals surface area contributed by atoms with Gasteiger partial charge in [-0.2, -0.15) is 0 Å². The number of ketones is 1. The average molecular weight is 357 g/mol. The van der Waals surface area contributed by atoms with Gasteiger partial charge in [-0.15, -0.1) is 0 Å². The highest BCUT2D eigenvalue weighted by molar-refractivity contribution is 6.30. The standard InChI is InChI=1S/C21H25ClN2O/c1-15-12-16(2)21(17(3)13-15)20(25)14-23-8-10-24(11-9-23)19-6-4-18(22)5-7-19/h4-7,12-13H,8-11,14H2,1-3H3. The number of rotatable bonds is 4. The molecular weight excluding hydrogens is 332 g/mol. The van der Waals surface area contributed by atoms with Crippen LogP contribution in [-0.4, -0.2) is 43.4 Å². The largest absolute Gasteiger partial charge is 0.369 e. The van der Waals surface area contributed by atoms with Crippen LogP contribution in [0.25, 0.3) is 0 Å². The third kappa shape index (κ3) is 4.23. The smallest absolute Gasteiger partial charge is 0.177 e. The summed E-state index contributed by atoms with van der Waals surface area (Å²) in [6.07, 6.45) is 0. The molecule has 1 aliphatic rings. The number of nitrogens with zero attached hydrogens (tertiary/aromatic N) is 2. The lowest BCUT2D eigenvalue weighted by atomic mass is 9.96. The van der Waals surface area contributed by atoms with Crippen LogP contribution in [0.1, 0.15) is 27.0 Å². The SMILES string of the molecule is Cc1cc(C)c(C(=O)CN2CCN(c3ccc(Cl)cc3)CC2)c(C)c1. The average Bonchev–Trinajstić information content (AvgIpc) is 2.55. The van der Waals surface area contributed by atoms with Crippen LogP contribution in [0.4, 0.5) is 5.69 Å². The Kier molecular flexibility index (Phi) is 5.45. The highest BCUT2D eigenvalue weighted by atomic mass is 35.5. The van der Waals surface area contributed by atoms with Gasteiger partial charge >= 0.3 is 0 Å². The van der Waals surface area contributed by atoms with Crippen molar-refractivity contribution in [1.82, 2.24) is 4.90 Å². The van der Waals surface area contributed by atoms with Gasteiger partial charge in [0, 0.05) is 42.5 Å². The maximum atomic E-state index is 12.8. The lowest BCUT2D eigenvalue weighted by Gasteiger charge is -2.36. The number of hydrogen-bond acceptors (Lipinski definition) is 3. The van der Waals surface area contributed by atoms with Crippen LogP contribution in [0.5, 0.6) is 0 Å². The minimum absolute atomic E-state index is 0.231. The highest BCUT2D eigenvalue weighted by Crippen LogP contribution is 2.21. The molecular formula is C21H25ClN2O. The van der Waals surface area contributed by atoms with E-state index in [1.807, 2.05) is 26.0 Å². The molecule has 2 aromatic rings. The predicted molar refractivity (Wildman–Crippen MR) is 105 cm³/mol. The number of carbonyl (C=O) groups excluding carboxylic acids is 1. The van der Waals surface area contributed by atoms with Crippen molar-refractivity contribution in [3.8, 4) is 0 Å². The van der Waals surface area contributed by atoms with Crippen molar-refractivity contribution < 1.29 is 4.79 Å². The molecule has 0 unspecified atom stereocenters. The number of anilines is 1. The Morgan fingerprint density at radius 1 is 0.960 bits per heavy atom. The third-order valence-corrected chi connectivity index (χ3v) is 5.14. The molecule has 0 radical (unpaired) electrons. The Labute approximate surface area is 155 Å². The molecule has 2 aromatic carbocycles. The number of hydrogen-bond donors (Lipinski definition) is 0. The Morgan fingerprint density at radius 3 is 2.08 bits per heavy atom. The van der Waals surface area contributed by atoms with Crippen molar-refractivity contribution in [1.29, 1.82) is 0 Å².